The van der Waals surface area contributed by atoms with Gasteiger partial charge in [-0.1, -0.05) is 18.2 Å². The Morgan fingerprint density at radius 3 is 2.72 bits per heavy atom. The number of nitrogens with one attached hydrogen (secondary N) is 1. The maximum Gasteiger partial charge on any atom is 0.150 e. The van der Waals surface area contributed by atoms with Crippen LogP contribution in [-0.2, 0) is 0 Å². The number of halogens is 1. The molecule has 1 atom stereocenters. The Morgan fingerprint density at radius 2 is 1.97 bits per heavy atom. The minimum absolute atomic E-state index is 0.0980. The average molecular weight is 385 g/mol. The second-order valence-electron chi connectivity index (χ2n) is 6.40. The topological polar surface area (TPSA) is 113 Å². The zero-order valence-corrected chi connectivity index (χ0v) is 15.5. The SMILES string of the molecule is C[C@H](Nc1ncnc(N)c1C#N)c1cnc2c(F)cccc2c1-c1ccccn1. The van der Waals surface area contributed by atoms with Crippen molar-refractivity contribution in [1.29, 1.82) is 5.26 Å². The van der Waals surface area contributed by atoms with E-state index in [2.05, 4.69) is 25.3 Å². The minimum Gasteiger partial charge on any atom is -0.382 e. The van der Waals surface area contributed by atoms with Gasteiger partial charge in [0.25, 0.3) is 0 Å². The third-order valence-corrected chi connectivity index (χ3v) is 4.61. The lowest BCUT2D eigenvalue weighted by molar-refractivity contribution is 0.636. The third kappa shape index (κ3) is 3.30. The average Bonchev–Trinajstić information content (AvgIpc) is 2.74. The van der Waals surface area contributed by atoms with Gasteiger partial charge in [-0.15, -0.1) is 0 Å². The van der Waals surface area contributed by atoms with Crippen LogP contribution in [0, 0.1) is 17.1 Å². The summed E-state index contributed by atoms with van der Waals surface area (Å²) < 4.78 is 14.3. The molecule has 29 heavy (non-hydrogen) atoms. The number of pyridine rings is 2. The predicted octanol–water partition coefficient (Wildman–Crippen LogP) is 3.85. The maximum absolute atomic E-state index is 14.3. The first-order valence-corrected chi connectivity index (χ1v) is 8.85. The highest BCUT2D eigenvalue weighted by Gasteiger charge is 2.20. The molecule has 3 heterocycles. The molecule has 4 aromatic rings. The van der Waals surface area contributed by atoms with Crippen LogP contribution in [0.25, 0.3) is 22.2 Å². The van der Waals surface area contributed by atoms with E-state index in [0.29, 0.717) is 16.9 Å². The van der Waals surface area contributed by atoms with Crippen molar-refractivity contribution in [3.8, 4) is 17.3 Å². The van der Waals surface area contributed by atoms with Crippen molar-refractivity contribution in [3.63, 3.8) is 0 Å². The fraction of sp³-hybridized carbons (Fsp3) is 0.0952. The van der Waals surface area contributed by atoms with Crippen LogP contribution in [0.2, 0.25) is 0 Å². The molecular formula is C21H16FN7. The molecule has 0 aliphatic carbocycles. The molecule has 3 N–H and O–H groups in total. The summed E-state index contributed by atoms with van der Waals surface area (Å²) in [4.78, 5) is 16.8. The van der Waals surface area contributed by atoms with E-state index in [9.17, 15) is 9.65 Å². The number of hydrogen-bond acceptors (Lipinski definition) is 7. The van der Waals surface area contributed by atoms with Gasteiger partial charge in [0.05, 0.1) is 11.7 Å². The van der Waals surface area contributed by atoms with E-state index >= 15 is 0 Å². The molecule has 3 aromatic heterocycles. The van der Waals surface area contributed by atoms with Gasteiger partial charge >= 0.3 is 0 Å². The van der Waals surface area contributed by atoms with E-state index in [4.69, 9.17) is 5.73 Å². The van der Waals surface area contributed by atoms with E-state index in [-0.39, 0.29) is 22.9 Å². The summed E-state index contributed by atoms with van der Waals surface area (Å²) in [5.74, 6) is 0.0156. The maximum atomic E-state index is 14.3. The summed E-state index contributed by atoms with van der Waals surface area (Å²) in [5, 5.41) is 13.2. The number of nitrogens with zero attached hydrogens (tertiary/aromatic N) is 5. The zero-order chi connectivity index (χ0) is 20.4. The number of para-hydroxylation sites is 1. The van der Waals surface area contributed by atoms with Gasteiger partial charge in [-0.25, -0.2) is 14.4 Å². The molecule has 0 aliphatic heterocycles. The Kier molecular flexibility index (Phi) is 4.71. The smallest absolute Gasteiger partial charge is 0.150 e. The normalized spacial score (nSPS) is 11.8. The van der Waals surface area contributed by atoms with Crippen LogP contribution in [0.4, 0.5) is 16.0 Å². The van der Waals surface area contributed by atoms with Crippen LogP contribution in [0.3, 0.4) is 0 Å². The first kappa shape index (κ1) is 18.3. The van der Waals surface area contributed by atoms with Gasteiger partial charge in [0.1, 0.15) is 40.9 Å². The van der Waals surface area contributed by atoms with Crippen molar-refractivity contribution < 1.29 is 4.39 Å². The number of nitrogens with two attached hydrogens (primary N) is 1. The Balaban J connectivity index is 1.88. The van der Waals surface area contributed by atoms with E-state index in [1.165, 1.54) is 12.4 Å². The van der Waals surface area contributed by atoms with Crippen LogP contribution in [-0.4, -0.2) is 19.9 Å². The quantitative estimate of drug-likeness (QED) is 0.548. The van der Waals surface area contributed by atoms with Gasteiger partial charge in [0, 0.05) is 28.9 Å². The molecule has 1 aromatic carbocycles. The zero-order valence-electron chi connectivity index (χ0n) is 15.5. The van der Waals surface area contributed by atoms with Gasteiger partial charge < -0.3 is 11.1 Å². The van der Waals surface area contributed by atoms with Crippen LogP contribution >= 0.6 is 0 Å². The number of aromatic nitrogens is 4. The summed E-state index contributed by atoms with van der Waals surface area (Å²) in [6.07, 6.45) is 4.59. The van der Waals surface area contributed by atoms with Crippen LogP contribution in [0.1, 0.15) is 24.1 Å². The number of anilines is 2. The van der Waals surface area contributed by atoms with E-state index < -0.39 is 5.82 Å². The number of rotatable bonds is 4. The van der Waals surface area contributed by atoms with Crippen LogP contribution < -0.4 is 11.1 Å². The molecule has 0 amide bonds. The summed E-state index contributed by atoms with van der Waals surface area (Å²) in [7, 11) is 0. The molecule has 8 heteroatoms. The predicted molar refractivity (Wildman–Crippen MR) is 108 cm³/mol. The summed E-state index contributed by atoms with van der Waals surface area (Å²) in [6, 6.07) is 12.1. The molecule has 7 nitrogen and oxygen atoms in total. The number of fused-ring (bicyclic) bond motifs is 1. The lowest BCUT2D eigenvalue weighted by Gasteiger charge is -2.20. The van der Waals surface area contributed by atoms with Gasteiger partial charge in [-0.05, 0) is 25.1 Å². The highest BCUT2D eigenvalue weighted by Crippen LogP contribution is 2.35. The Hall–Kier alpha value is -4.12. The van der Waals surface area contributed by atoms with Gasteiger partial charge in [0.15, 0.2) is 0 Å². The minimum atomic E-state index is -0.401. The second kappa shape index (κ2) is 7.48. The second-order valence-corrected chi connectivity index (χ2v) is 6.40. The van der Waals surface area contributed by atoms with Crippen molar-refractivity contribution in [2.75, 3.05) is 11.1 Å². The fourth-order valence-corrected chi connectivity index (χ4v) is 3.23. The van der Waals surface area contributed by atoms with E-state index in [0.717, 1.165) is 11.1 Å². The molecule has 0 radical (unpaired) electrons. The Labute approximate surface area is 166 Å². The molecule has 0 spiro atoms. The Morgan fingerprint density at radius 1 is 1.10 bits per heavy atom. The summed E-state index contributed by atoms with van der Waals surface area (Å²) >= 11 is 0. The number of benzene rings is 1. The molecule has 0 aliphatic rings. The molecule has 0 saturated carbocycles. The fourth-order valence-electron chi connectivity index (χ4n) is 3.23. The standard InChI is InChI=1S/C21H16FN7/c1-12(29-21-14(9-23)20(24)27-11-28-21)15-10-26-19-13(5-4-6-16(19)22)18(15)17-7-2-3-8-25-17/h2-8,10-12H,1H3,(H3,24,27,28,29)/t12-/m0/s1. The van der Waals surface area contributed by atoms with Gasteiger partial charge in [-0.2, -0.15) is 5.26 Å². The van der Waals surface area contributed by atoms with Crippen molar-refractivity contribution in [2.45, 2.75) is 13.0 Å². The van der Waals surface area contributed by atoms with Crippen molar-refractivity contribution >= 4 is 22.5 Å². The summed E-state index contributed by atoms with van der Waals surface area (Å²) in [5.41, 5.74) is 8.45. The van der Waals surface area contributed by atoms with Crippen LogP contribution in [0.5, 0.6) is 0 Å². The van der Waals surface area contributed by atoms with E-state index in [1.807, 2.05) is 37.3 Å². The monoisotopic (exact) mass is 385 g/mol. The highest BCUT2D eigenvalue weighted by molar-refractivity contribution is 5.95. The van der Waals surface area contributed by atoms with E-state index in [1.54, 1.807) is 18.5 Å². The molecule has 0 saturated heterocycles. The lowest BCUT2D eigenvalue weighted by Crippen LogP contribution is -2.13. The third-order valence-electron chi connectivity index (χ3n) is 4.61. The Bertz CT molecular complexity index is 1240. The lowest BCUT2D eigenvalue weighted by atomic mass is 9.96. The molecule has 0 bridgehead atoms. The molecule has 0 fully saturated rings. The van der Waals surface area contributed by atoms with Crippen molar-refractivity contribution in [3.05, 3.63) is 72.1 Å². The molecule has 142 valence electrons. The largest absolute Gasteiger partial charge is 0.382 e. The van der Waals surface area contributed by atoms with Gasteiger partial charge in [0.2, 0.25) is 0 Å². The first-order chi connectivity index (χ1) is 14.1. The molecule has 4 rings (SSSR count). The number of nitrogen functional groups attached to an aromatic ring is 1. The number of nitriles is 1. The van der Waals surface area contributed by atoms with Crippen LogP contribution in [0.15, 0.2) is 55.1 Å². The number of hydrogen-bond donors (Lipinski definition) is 2. The summed E-state index contributed by atoms with van der Waals surface area (Å²) in [6.45, 7) is 1.90. The first-order valence-electron chi connectivity index (χ1n) is 8.85. The highest BCUT2D eigenvalue weighted by atomic mass is 19.1. The molecule has 0 unspecified atom stereocenters. The van der Waals surface area contributed by atoms with Gasteiger partial charge in [-0.3, -0.25) is 9.97 Å². The van der Waals surface area contributed by atoms with Crippen molar-refractivity contribution in [2.24, 2.45) is 0 Å². The molecular weight excluding hydrogens is 369 g/mol. The van der Waals surface area contributed by atoms with Crippen molar-refractivity contribution in [1.82, 2.24) is 19.9 Å².